The van der Waals surface area contributed by atoms with E-state index in [1.807, 2.05) is 0 Å². The molecule has 0 spiro atoms. The molecule has 0 atom stereocenters. The van der Waals surface area contributed by atoms with Gasteiger partial charge in [-0.05, 0) is 17.7 Å². The van der Waals surface area contributed by atoms with Gasteiger partial charge in [0.05, 0.1) is 6.42 Å². The van der Waals surface area contributed by atoms with Crippen molar-refractivity contribution in [1.82, 2.24) is 0 Å². The number of carbonyl (C=O) groups excluding carboxylic acids is 1. The Balaban J connectivity index is 2.79. The summed E-state index contributed by atoms with van der Waals surface area (Å²) in [7, 11) is 0. The van der Waals surface area contributed by atoms with E-state index in [4.69, 9.17) is 5.11 Å². The average molecular weight is 297 g/mol. The Hall–Kier alpha value is -2.19. The van der Waals surface area contributed by atoms with Crippen molar-refractivity contribution in [2.24, 2.45) is 0 Å². The fourth-order valence-electron chi connectivity index (χ4n) is 1.22. The molecule has 1 aromatic rings. The molecular formula is C11H8F5NO3. The van der Waals surface area contributed by atoms with E-state index in [0.29, 0.717) is 5.56 Å². The first kappa shape index (κ1) is 15.9. The van der Waals surface area contributed by atoms with Crippen LogP contribution in [0.4, 0.5) is 27.6 Å². The third-order valence-electron chi connectivity index (χ3n) is 2.21. The number of carbonyl (C=O) groups is 2. The van der Waals surface area contributed by atoms with Crippen LogP contribution in [0.2, 0.25) is 0 Å². The summed E-state index contributed by atoms with van der Waals surface area (Å²) in [5.41, 5.74) is 0.00569. The Morgan fingerprint density at radius 1 is 1.05 bits per heavy atom. The summed E-state index contributed by atoms with van der Waals surface area (Å²) in [4.78, 5) is 21.2. The molecule has 0 aliphatic rings. The number of carboxylic acid groups (broad SMARTS) is 1. The van der Waals surface area contributed by atoms with Crippen molar-refractivity contribution in [3.63, 3.8) is 0 Å². The first-order chi connectivity index (χ1) is 9.04. The molecule has 1 rings (SSSR count). The number of alkyl halides is 5. The second kappa shape index (κ2) is 5.43. The van der Waals surface area contributed by atoms with Crippen LogP contribution >= 0.6 is 0 Å². The Bertz CT molecular complexity index is 510. The van der Waals surface area contributed by atoms with Gasteiger partial charge in [-0.1, -0.05) is 12.1 Å². The summed E-state index contributed by atoms with van der Waals surface area (Å²) in [6.45, 7) is 0. The van der Waals surface area contributed by atoms with Gasteiger partial charge >= 0.3 is 24.0 Å². The highest BCUT2D eigenvalue weighted by molar-refractivity contribution is 5.96. The predicted octanol–water partition coefficient (Wildman–Crippen LogP) is 2.45. The maximum Gasteiger partial charge on any atom is 0.463 e. The van der Waals surface area contributed by atoms with Gasteiger partial charge in [-0.15, -0.1) is 0 Å². The average Bonchev–Trinajstić information content (AvgIpc) is 2.29. The Labute approximate surface area is 109 Å². The van der Waals surface area contributed by atoms with E-state index in [1.165, 1.54) is 17.4 Å². The quantitative estimate of drug-likeness (QED) is 0.839. The van der Waals surface area contributed by atoms with E-state index < -0.39 is 24.0 Å². The summed E-state index contributed by atoms with van der Waals surface area (Å²) in [6.07, 6.45) is -6.33. The summed E-state index contributed by atoms with van der Waals surface area (Å²) in [6, 6.07) is 4.44. The van der Waals surface area contributed by atoms with Crippen LogP contribution in [0.25, 0.3) is 0 Å². The van der Waals surface area contributed by atoms with Crippen molar-refractivity contribution in [2.45, 2.75) is 18.5 Å². The molecule has 1 aromatic carbocycles. The number of rotatable bonds is 4. The van der Waals surface area contributed by atoms with Crippen molar-refractivity contribution in [3.05, 3.63) is 29.8 Å². The SMILES string of the molecule is O=C(O)Cc1ccc(NC(=O)C(F)(F)C(F)(F)F)cc1. The van der Waals surface area contributed by atoms with Crippen LogP contribution < -0.4 is 5.32 Å². The molecule has 9 heteroatoms. The summed E-state index contributed by atoms with van der Waals surface area (Å²) in [5.74, 6) is -9.14. The number of nitrogens with one attached hydrogen (secondary N) is 1. The highest BCUT2D eigenvalue weighted by Crippen LogP contribution is 2.36. The smallest absolute Gasteiger partial charge is 0.463 e. The molecule has 0 aliphatic heterocycles. The number of carboxylic acids is 1. The Morgan fingerprint density at radius 3 is 1.95 bits per heavy atom. The number of aliphatic carboxylic acids is 1. The third-order valence-corrected chi connectivity index (χ3v) is 2.21. The lowest BCUT2D eigenvalue weighted by Crippen LogP contribution is -2.47. The third kappa shape index (κ3) is 3.65. The highest BCUT2D eigenvalue weighted by atomic mass is 19.4. The second-order valence-electron chi connectivity index (χ2n) is 3.79. The van der Waals surface area contributed by atoms with Crippen molar-refractivity contribution in [1.29, 1.82) is 0 Å². The number of hydrogen-bond donors (Lipinski definition) is 2. The monoisotopic (exact) mass is 297 g/mol. The van der Waals surface area contributed by atoms with Gasteiger partial charge in [-0.25, -0.2) is 0 Å². The van der Waals surface area contributed by atoms with E-state index >= 15 is 0 Å². The van der Waals surface area contributed by atoms with Crippen molar-refractivity contribution in [2.75, 3.05) is 5.32 Å². The molecule has 0 unspecified atom stereocenters. The molecule has 0 bridgehead atoms. The van der Waals surface area contributed by atoms with E-state index in [0.717, 1.165) is 12.1 Å². The van der Waals surface area contributed by atoms with E-state index in [1.54, 1.807) is 0 Å². The summed E-state index contributed by atoms with van der Waals surface area (Å²) in [5, 5.41) is 9.90. The summed E-state index contributed by atoms with van der Waals surface area (Å²) >= 11 is 0. The molecule has 4 nitrogen and oxygen atoms in total. The molecule has 0 saturated heterocycles. The van der Waals surface area contributed by atoms with Gasteiger partial charge in [0.1, 0.15) is 0 Å². The number of benzene rings is 1. The largest absolute Gasteiger partial charge is 0.481 e. The lowest BCUT2D eigenvalue weighted by molar-refractivity contribution is -0.267. The predicted molar refractivity (Wildman–Crippen MR) is 57.4 cm³/mol. The normalized spacial score (nSPS) is 12.1. The van der Waals surface area contributed by atoms with Crippen LogP contribution in [-0.4, -0.2) is 29.1 Å². The van der Waals surface area contributed by atoms with Gasteiger partial charge in [-0.2, -0.15) is 22.0 Å². The highest BCUT2D eigenvalue weighted by Gasteiger charge is 2.63. The van der Waals surface area contributed by atoms with Gasteiger partial charge in [0.15, 0.2) is 0 Å². The van der Waals surface area contributed by atoms with Gasteiger partial charge in [-0.3, -0.25) is 9.59 Å². The van der Waals surface area contributed by atoms with Crippen molar-refractivity contribution in [3.8, 4) is 0 Å². The Morgan fingerprint density at radius 2 is 1.55 bits per heavy atom. The van der Waals surface area contributed by atoms with Crippen molar-refractivity contribution >= 4 is 17.6 Å². The standard InChI is InChI=1S/C11H8F5NO3/c12-10(13,11(14,15)16)9(20)17-7-3-1-6(2-4-7)5-8(18)19/h1-4H,5H2,(H,17,20)(H,18,19). The molecule has 0 fully saturated rings. The van der Waals surface area contributed by atoms with E-state index in [-0.39, 0.29) is 12.1 Å². The van der Waals surface area contributed by atoms with Crippen molar-refractivity contribution < 1.29 is 36.6 Å². The molecule has 0 radical (unpaired) electrons. The van der Waals surface area contributed by atoms with Crippen LogP contribution in [0, 0.1) is 0 Å². The zero-order valence-corrected chi connectivity index (χ0v) is 9.67. The van der Waals surface area contributed by atoms with Crippen LogP contribution in [-0.2, 0) is 16.0 Å². The maximum atomic E-state index is 12.6. The minimum absolute atomic E-state index is 0.298. The van der Waals surface area contributed by atoms with Gasteiger partial charge < -0.3 is 10.4 Å². The molecular weight excluding hydrogens is 289 g/mol. The number of hydrogen-bond acceptors (Lipinski definition) is 2. The fraction of sp³-hybridized carbons (Fsp3) is 0.273. The minimum atomic E-state index is -5.99. The molecule has 2 N–H and O–H groups in total. The van der Waals surface area contributed by atoms with E-state index in [9.17, 15) is 31.5 Å². The lowest BCUT2D eigenvalue weighted by atomic mass is 10.1. The molecule has 1 amide bonds. The topological polar surface area (TPSA) is 66.4 Å². The molecule has 110 valence electrons. The van der Waals surface area contributed by atoms with Crippen LogP contribution in [0.3, 0.4) is 0 Å². The molecule has 0 aliphatic carbocycles. The summed E-state index contributed by atoms with van der Waals surface area (Å²) < 4.78 is 61.0. The van der Waals surface area contributed by atoms with Gasteiger partial charge in [0, 0.05) is 5.69 Å². The zero-order valence-electron chi connectivity index (χ0n) is 9.67. The molecule has 0 saturated carbocycles. The second-order valence-corrected chi connectivity index (χ2v) is 3.79. The molecule has 20 heavy (non-hydrogen) atoms. The number of halogens is 5. The van der Waals surface area contributed by atoms with Crippen LogP contribution in [0.1, 0.15) is 5.56 Å². The first-order valence-corrected chi connectivity index (χ1v) is 5.11. The Kier molecular flexibility index (Phi) is 4.31. The zero-order chi connectivity index (χ0) is 15.6. The van der Waals surface area contributed by atoms with Gasteiger partial charge in [0.2, 0.25) is 0 Å². The van der Waals surface area contributed by atoms with Crippen LogP contribution in [0.15, 0.2) is 24.3 Å². The fourth-order valence-corrected chi connectivity index (χ4v) is 1.22. The molecule has 0 aromatic heterocycles. The number of amides is 1. The maximum absolute atomic E-state index is 12.6. The van der Waals surface area contributed by atoms with E-state index in [2.05, 4.69) is 0 Å². The molecule has 0 heterocycles. The van der Waals surface area contributed by atoms with Gasteiger partial charge in [0.25, 0.3) is 0 Å². The van der Waals surface area contributed by atoms with Crippen LogP contribution in [0.5, 0.6) is 0 Å². The first-order valence-electron chi connectivity index (χ1n) is 5.11. The minimum Gasteiger partial charge on any atom is -0.481 e. The lowest BCUT2D eigenvalue weighted by Gasteiger charge is -2.18. The number of anilines is 1.